The molecule has 1 aromatic heterocycles. The number of esters is 1. The Morgan fingerprint density at radius 2 is 1.76 bits per heavy atom. The minimum Gasteiger partial charge on any atom is -0.462 e. The molecule has 33 heavy (non-hydrogen) atoms. The van der Waals surface area contributed by atoms with Gasteiger partial charge in [0.15, 0.2) is 5.11 Å². The van der Waals surface area contributed by atoms with Crippen LogP contribution < -0.4 is 10.6 Å². The molecule has 0 aliphatic rings. The van der Waals surface area contributed by atoms with Crippen molar-refractivity contribution in [2.24, 2.45) is 0 Å². The molecule has 6 heteroatoms. The first-order valence-corrected chi connectivity index (χ1v) is 12.4. The first-order chi connectivity index (χ1) is 15.7. The average Bonchev–Trinajstić information content (AvgIpc) is 3.16. The summed E-state index contributed by atoms with van der Waals surface area (Å²) < 4.78 is 5.27. The molecule has 0 amide bonds. The van der Waals surface area contributed by atoms with Gasteiger partial charge in [-0.1, -0.05) is 75.4 Å². The Bertz CT molecular complexity index is 1080. The van der Waals surface area contributed by atoms with Crippen LogP contribution in [0.1, 0.15) is 72.6 Å². The van der Waals surface area contributed by atoms with E-state index in [9.17, 15) is 4.79 Å². The minimum absolute atomic E-state index is 0.0220. The van der Waals surface area contributed by atoms with E-state index in [0.717, 1.165) is 16.9 Å². The number of nitrogens with one attached hydrogen (secondary N) is 2. The quantitative estimate of drug-likeness (QED) is 0.286. The van der Waals surface area contributed by atoms with E-state index in [2.05, 4.69) is 74.7 Å². The van der Waals surface area contributed by atoms with Gasteiger partial charge in [0.1, 0.15) is 5.00 Å². The highest BCUT2D eigenvalue weighted by Crippen LogP contribution is 2.31. The maximum Gasteiger partial charge on any atom is 0.341 e. The Hall–Kier alpha value is -2.70. The Morgan fingerprint density at radius 3 is 2.36 bits per heavy atom. The number of carbonyl (C=O) groups excluding carboxylic acids is 1. The summed E-state index contributed by atoms with van der Waals surface area (Å²) in [7, 11) is 0. The number of carbonyl (C=O) groups is 1. The molecule has 1 atom stereocenters. The van der Waals surface area contributed by atoms with E-state index in [-0.39, 0.29) is 17.4 Å². The van der Waals surface area contributed by atoms with Gasteiger partial charge in [-0.25, -0.2) is 4.79 Å². The highest BCUT2D eigenvalue weighted by atomic mass is 32.1. The summed E-state index contributed by atoms with van der Waals surface area (Å²) in [5.74, 6) is -0.343. The molecule has 0 saturated heterocycles. The summed E-state index contributed by atoms with van der Waals surface area (Å²) in [5.41, 5.74) is 4.26. The van der Waals surface area contributed by atoms with Crippen molar-refractivity contribution in [1.29, 1.82) is 0 Å². The molecule has 174 valence electrons. The lowest BCUT2D eigenvalue weighted by Crippen LogP contribution is -2.31. The fourth-order valence-electron chi connectivity index (χ4n) is 3.47. The molecule has 0 aliphatic heterocycles. The van der Waals surface area contributed by atoms with Gasteiger partial charge in [0, 0.05) is 11.3 Å². The van der Waals surface area contributed by atoms with E-state index in [4.69, 9.17) is 17.0 Å². The third kappa shape index (κ3) is 6.89. The maximum absolute atomic E-state index is 12.6. The van der Waals surface area contributed by atoms with Crippen molar-refractivity contribution >= 4 is 39.6 Å². The number of rotatable bonds is 7. The molecular weight excluding hydrogens is 448 g/mol. The monoisotopic (exact) mass is 480 g/mol. The molecule has 0 spiro atoms. The normalized spacial score (nSPS) is 12.2. The van der Waals surface area contributed by atoms with E-state index in [1.807, 2.05) is 24.3 Å². The smallest absolute Gasteiger partial charge is 0.341 e. The number of anilines is 1. The van der Waals surface area contributed by atoms with Gasteiger partial charge in [-0.3, -0.25) is 0 Å². The van der Waals surface area contributed by atoms with E-state index in [1.165, 1.54) is 22.5 Å². The van der Waals surface area contributed by atoms with Crippen LogP contribution in [0.4, 0.5) is 5.00 Å². The molecule has 0 radical (unpaired) electrons. The van der Waals surface area contributed by atoms with Gasteiger partial charge in [-0.2, -0.15) is 0 Å². The number of hydrogen-bond donors (Lipinski definition) is 2. The van der Waals surface area contributed by atoms with Crippen LogP contribution in [0.3, 0.4) is 0 Å². The second-order valence-corrected chi connectivity index (χ2v) is 10.6. The summed E-state index contributed by atoms with van der Waals surface area (Å²) in [6.07, 6.45) is 0.746. The van der Waals surface area contributed by atoms with E-state index < -0.39 is 0 Å². The van der Waals surface area contributed by atoms with E-state index in [0.29, 0.717) is 22.3 Å². The van der Waals surface area contributed by atoms with Crippen LogP contribution in [0.2, 0.25) is 0 Å². The second kappa shape index (κ2) is 10.9. The SMILES string of the molecule is CCOC(=O)c1cc(Cc2ccccc2)sc1NC(=S)NC(C)c1ccc(C(C)(C)C)cc1. The number of thiocarbonyl (C=S) groups is 1. The molecule has 2 aromatic carbocycles. The lowest BCUT2D eigenvalue weighted by molar-refractivity contribution is 0.0528. The lowest BCUT2D eigenvalue weighted by atomic mass is 9.86. The Kier molecular flexibility index (Phi) is 8.27. The largest absolute Gasteiger partial charge is 0.462 e. The van der Waals surface area contributed by atoms with Crippen LogP contribution in [0.5, 0.6) is 0 Å². The van der Waals surface area contributed by atoms with Crippen LogP contribution in [0.15, 0.2) is 60.7 Å². The standard InChI is InChI=1S/C27H32N2O2S2/c1-6-31-25(30)23-17-22(16-19-10-8-7-9-11-19)33-24(23)29-26(32)28-18(2)20-12-14-21(15-13-20)27(3,4)5/h7-15,17-18H,6,16H2,1-5H3,(H2,28,29,32). The van der Waals surface area contributed by atoms with Crippen molar-refractivity contribution in [2.45, 2.75) is 52.5 Å². The number of hydrogen-bond acceptors (Lipinski definition) is 4. The summed E-state index contributed by atoms with van der Waals surface area (Å²) in [4.78, 5) is 13.6. The third-order valence-electron chi connectivity index (χ3n) is 5.35. The molecule has 1 heterocycles. The van der Waals surface area contributed by atoms with Crippen molar-refractivity contribution in [3.05, 3.63) is 87.8 Å². The molecule has 1 unspecified atom stereocenters. The van der Waals surface area contributed by atoms with Crippen LogP contribution in [-0.2, 0) is 16.6 Å². The van der Waals surface area contributed by atoms with Crippen LogP contribution in [-0.4, -0.2) is 17.7 Å². The molecule has 3 aromatic rings. The molecule has 0 saturated carbocycles. The van der Waals surface area contributed by atoms with Crippen LogP contribution in [0.25, 0.3) is 0 Å². The predicted octanol–water partition coefficient (Wildman–Crippen LogP) is 6.86. The zero-order chi connectivity index (χ0) is 24.0. The van der Waals surface area contributed by atoms with Crippen molar-refractivity contribution < 1.29 is 9.53 Å². The molecule has 0 bridgehead atoms. The van der Waals surface area contributed by atoms with Crippen molar-refractivity contribution in [3.63, 3.8) is 0 Å². The number of ether oxygens (including phenoxy) is 1. The van der Waals surface area contributed by atoms with Gasteiger partial charge in [-0.15, -0.1) is 11.3 Å². The van der Waals surface area contributed by atoms with Gasteiger partial charge in [0.25, 0.3) is 0 Å². The summed E-state index contributed by atoms with van der Waals surface area (Å²) >= 11 is 7.10. The minimum atomic E-state index is -0.343. The molecule has 4 nitrogen and oxygen atoms in total. The fourth-order valence-corrected chi connectivity index (χ4v) is 4.90. The molecular formula is C27H32N2O2S2. The Balaban J connectivity index is 1.72. The number of benzene rings is 2. The second-order valence-electron chi connectivity index (χ2n) is 9.03. The summed E-state index contributed by atoms with van der Waals surface area (Å²) in [5, 5.41) is 7.74. The summed E-state index contributed by atoms with van der Waals surface area (Å²) in [6.45, 7) is 10.8. The average molecular weight is 481 g/mol. The zero-order valence-electron chi connectivity index (χ0n) is 19.9. The number of thiophene rings is 1. The highest BCUT2D eigenvalue weighted by molar-refractivity contribution is 7.80. The van der Waals surface area contributed by atoms with Gasteiger partial charge in [0.2, 0.25) is 0 Å². The Morgan fingerprint density at radius 1 is 1.09 bits per heavy atom. The van der Waals surface area contributed by atoms with Gasteiger partial charge < -0.3 is 15.4 Å². The molecule has 0 fully saturated rings. The van der Waals surface area contributed by atoms with Crippen molar-refractivity contribution in [3.8, 4) is 0 Å². The highest BCUT2D eigenvalue weighted by Gasteiger charge is 2.19. The van der Waals surface area contributed by atoms with E-state index >= 15 is 0 Å². The lowest BCUT2D eigenvalue weighted by Gasteiger charge is -2.21. The fraction of sp³-hybridized carbons (Fsp3) is 0.333. The topological polar surface area (TPSA) is 50.4 Å². The first-order valence-electron chi connectivity index (χ1n) is 11.2. The maximum atomic E-state index is 12.6. The van der Waals surface area contributed by atoms with E-state index in [1.54, 1.807) is 6.92 Å². The molecule has 2 N–H and O–H groups in total. The molecule has 3 rings (SSSR count). The van der Waals surface area contributed by atoms with Crippen LogP contribution >= 0.6 is 23.6 Å². The first kappa shape index (κ1) is 24.9. The van der Waals surface area contributed by atoms with Crippen molar-refractivity contribution in [1.82, 2.24) is 5.32 Å². The van der Waals surface area contributed by atoms with Gasteiger partial charge >= 0.3 is 5.97 Å². The summed E-state index contributed by atoms with van der Waals surface area (Å²) in [6, 6.07) is 20.7. The zero-order valence-corrected chi connectivity index (χ0v) is 21.5. The van der Waals surface area contributed by atoms with Crippen LogP contribution in [0, 0.1) is 0 Å². The third-order valence-corrected chi connectivity index (χ3v) is 6.62. The predicted molar refractivity (Wildman–Crippen MR) is 142 cm³/mol. The van der Waals surface area contributed by atoms with Gasteiger partial charge in [-0.05, 0) is 54.2 Å². The Labute approximate surface area is 206 Å². The molecule has 0 aliphatic carbocycles. The van der Waals surface area contributed by atoms with Gasteiger partial charge in [0.05, 0.1) is 18.2 Å². The van der Waals surface area contributed by atoms with Crippen molar-refractivity contribution in [2.75, 3.05) is 11.9 Å².